The average molecular weight is 108 g/mol. The molecule has 0 amide bonds. The molecule has 1 aliphatic rings. The van der Waals surface area contributed by atoms with Gasteiger partial charge in [-0.1, -0.05) is 0 Å². The molecule has 0 bridgehead atoms. The summed E-state index contributed by atoms with van der Waals surface area (Å²) in [5.41, 5.74) is 0. The maximum atomic E-state index is 10.2. The number of hydrogen-bond acceptors (Lipinski definition) is 3. The summed E-state index contributed by atoms with van der Waals surface area (Å²) >= 11 is 0. The molecule has 1 heterocycles. The van der Waals surface area contributed by atoms with E-state index in [-0.39, 0.29) is 6.79 Å². The molecule has 0 unspecified atom stereocenters. The van der Waals surface area contributed by atoms with E-state index < -0.39 is 7.60 Å². The predicted octanol–water partition coefficient (Wildman–Crippen LogP) is 0.814. The molecule has 0 spiro atoms. The van der Waals surface area contributed by atoms with Crippen molar-refractivity contribution in [2.24, 2.45) is 0 Å². The lowest BCUT2D eigenvalue weighted by atomic mass is 11.5. The van der Waals surface area contributed by atoms with Crippen molar-refractivity contribution in [2.45, 2.75) is 0 Å². The fourth-order valence-corrected chi connectivity index (χ4v) is 0.603. The molecule has 0 aromatic heterocycles. The smallest absolute Gasteiger partial charge is 0.281 e. The zero-order valence-electron chi connectivity index (χ0n) is 3.38. The second kappa shape index (κ2) is 1.06. The molecule has 36 valence electrons. The van der Waals surface area contributed by atoms with E-state index in [0.717, 1.165) is 0 Å². The number of rotatable bonds is 0. The van der Waals surface area contributed by atoms with Gasteiger partial charge in [0, 0.05) is 6.66 Å². The van der Waals surface area contributed by atoms with Gasteiger partial charge in [0.25, 0.3) is 0 Å². The average Bonchev–Trinajstić information content (AvgIpc) is 1.32. The van der Waals surface area contributed by atoms with E-state index >= 15 is 0 Å². The molecule has 0 atom stereocenters. The first kappa shape index (κ1) is 4.31. The van der Waals surface area contributed by atoms with Gasteiger partial charge in [-0.15, -0.1) is 0 Å². The van der Waals surface area contributed by atoms with Gasteiger partial charge in [0.2, 0.25) is 0 Å². The van der Waals surface area contributed by atoms with Crippen LogP contribution in [0.15, 0.2) is 0 Å². The van der Waals surface area contributed by atoms with Crippen molar-refractivity contribution < 1.29 is 13.6 Å². The Hall–Kier alpha value is 0.150. The van der Waals surface area contributed by atoms with Crippen molar-refractivity contribution in [3.63, 3.8) is 0 Å². The Morgan fingerprint density at radius 1 is 1.67 bits per heavy atom. The second-order valence-corrected chi connectivity index (χ2v) is 3.21. The summed E-state index contributed by atoms with van der Waals surface area (Å²) in [5, 5.41) is 0. The summed E-state index contributed by atoms with van der Waals surface area (Å²) in [7, 11) is -2.47. The van der Waals surface area contributed by atoms with Crippen LogP contribution < -0.4 is 0 Å². The quantitative estimate of drug-likeness (QED) is 0.431. The minimum absolute atomic E-state index is 0.202. The molecule has 4 heteroatoms. The highest BCUT2D eigenvalue weighted by Gasteiger charge is 2.25. The van der Waals surface area contributed by atoms with Crippen LogP contribution in [-0.2, 0) is 13.6 Å². The summed E-state index contributed by atoms with van der Waals surface area (Å²) in [5.74, 6) is 0. The Kier molecular flexibility index (Phi) is 0.761. The Bertz CT molecular complexity index is 91.0. The van der Waals surface area contributed by atoms with Gasteiger partial charge in [0.1, 0.15) is 0 Å². The third-order valence-corrected chi connectivity index (χ3v) is 1.72. The molecule has 1 saturated heterocycles. The Labute approximate surface area is 35.8 Å². The Balaban J connectivity index is 2.53. The van der Waals surface area contributed by atoms with E-state index in [9.17, 15) is 4.57 Å². The minimum atomic E-state index is -2.47. The van der Waals surface area contributed by atoms with Gasteiger partial charge in [-0.2, -0.15) is 0 Å². The highest BCUT2D eigenvalue weighted by Crippen LogP contribution is 2.51. The van der Waals surface area contributed by atoms with Crippen molar-refractivity contribution in [1.82, 2.24) is 0 Å². The topological polar surface area (TPSA) is 35.5 Å². The summed E-state index contributed by atoms with van der Waals surface area (Å²) in [4.78, 5) is 0. The van der Waals surface area contributed by atoms with Gasteiger partial charge in [-0.05, 0) is 0 Å². The van der Waals surface area contributed by atoms with Gasteiger partial charge in [0.05, 0.1) is 0 Å². The van der Waals surface area contributed by atoms with Crippen molar-refractivity contribution in [2.75, 3.05) is 13.5 Å². The van der Waals surface area contributed by atoms with E-state index in [0.29, 0.717) is 0 Å². The van der Waals surface area contributed by atoms with Crippen molar-refractivity contribution in [3.05, 3.63) is 0 Å². The lowest BCUT2D eigenvalue weighted by Gasteiger charge is -2.21. The molecule has 0 saturated carbocycles. The third kappa shape index (κ3) is 0.620. The Morgan fingerprint density at radius 3 is 2.00 bits per heavy atom. The van der Waals surface area contributed by atoms with Crippen LogP contribution in [0.2, 0.25) is 0 Å². The first-order valence-corrected chi connectivity index (χ1v) is 3.56. The maximum Gasteiger partial charge on any atom is 0.331 e. The van der Waals surface area contributed by atoms with Gasteiger partial charge >= 0.3 is 7.60 Å². The van der Waals surface area contributed by atoms with Crippen LogP contribution in [0.1, 0.15) is 0 Å². The van der Waals surface area contributed by atoms with E-state index in [2.05, 4.69) is 9.05 Å². The van der Waals surface area contributed by atoms with E-state index in [1.165, 1.54) is 6.66 Å². The molecule has 3 nitrogen and oxygen atoms in total. The summed E-state index contributed by atoms with van der Waals surface area (Å²) in [6.07, 6.45) is 0. The SMILES string of the molecule is CP1(=O)OCO1. The highest BCUT2D eigenvalue weighted by atomic mass is 31.2. The normalized spacial score (nSPS) is 28.8. The van der Waals surface area contributed by atoms with Crippen molar-refractivity contribution in [1.29, 1.82) is 0 Å². The van der Waals surface area contributed by atoms with Gasteiger partial charge in [-0.25, -0.2) is 0 Å². The highest BCUT2D eigenvalue weighted by molar-refractivity contribution is 7.53. The molecule has 6 heavy (non-hydrogen) atoms. The zero-order chi connectivity index (χ0) is 4.62. The van der Waals surface area contributed by atoms with Gasteiger partial charge < -0.3 is 0 Å². The molecule has 1 rings (SSSR count). The molecule has 1 fully saturated rings. The monoisotopic (exact) mass is 108 g/mol. The Morgan fingerprint density at radius 2 is 2.00 bits per heavy atom. The molecule has 0 aromatic rings. The van der Waals surface area contributed by atoms with Crippen molar-refractivity contribution in [3.8, 4) is 0 Å². The first-order chi connectivity index (χ1) is 2.71. The van der Waals surface area contributed by atoms with Crippen LogP contribution in [0.5, 0.6) is 0 Å². The molecular formula is C2H5O3P. The van der Waals surface area contributed by atoms with Crippen LogP contribution in [0, 0.1) is 0 Å². The summed E-state index contributed by atoms with van der Waals surface area (Å²) < 4.78 is 19.1. The maximum absolute atomic E-state index is 10.2. The van der Waals surface area contributed by atoms with Crippen LogP contribution in [0.25, 0.3) is 0 Å². The van der Waals surface area contributed by atoms with Crippen LogP contribution in [0.3, 0.4) is 0 Å². The number of hydrogen-bond donors (Lipinski definition) is 0. The fourth-order valence-electron chi connectivity index (χ4n) is 0.201. The van der Waals surface area contributed by atoms with Crippen LogP contribution in [0.4, 0.5) is 0 Å². The van der Waals surface area contributed by atoms with Gasteiger partial charge in [0.15, 0.2) is 6.79 Å². The fraction of sp³-hybridized carbons (Fsp3) is 1.00. The molecule has 0 aromatic carbocycles. The predicted molar refractivity (Wildman–Crippen MR) is 20.6 cm³/mol. The summed E-state index contributed by atoms with van der Waals surface area (Å²) in [6, 6.07) is 0. The molecular weight excluding hydrogens is 103 g/mol. The van der Waals surface area contributed by atoms with E-state index in [4.69, 9.17) is 0 Å². The zero-order valence-corrected chi connectivity index (χ0v) is 4.27. The second-order valence-electron chi connectivity index (χ2n) is 1.15. The molecule has 0 aliphatic carbocycles. The standard InChI is InChI=1S/C2H5O3P/c1-6(3)4-2-5-6/h2H2,1H3. The lowest BCUT2D eigenvalue weighted by molar-refractivity contribution is 0.0124. The summed E-state index contributed by atoms with van der Waals surface area (Å²) in [6.45, 7) is 1.64. The minimum Gasteiger partial charge on any atom is -0.281 e. The lowest BCUT2D eigenvalue weighted by Crippen LogP contribution is -2.07. The largest absolute Gasteiger partial charge is 0.331 e. The van der Waals surface area contributed by atoms with Crippen LogP contribution >= 0.6 is 7.60 Å². The third-order valence-electron chi connectivity index (χ3n) is 0.574. The molecule has 0 N–H and O–H groups in total. The molecule has 1 aliphatic heterocycles. The molecule has 0 radical (unpaired) electrons. The first-order valence-electron chi connectivity index (χ1n) is 1.57. The van der Waals surface area contributed by atoms with Gasteiger partial charge in [-0.3, -0.25) is 13.6 Å². The van der Waals surface area contributed by atoms with E-state index in [1.54, 1.807) is 0 Å². The van der Waals surface area contributed by atoms with E-state index in [1.807, 2.05) is 0 Å². The van der Waals surface area contributed by atoms with Crippen LogP contribution in [-0.4, -0.2) is 13.5 Å². The van der Waals surface area contributed by atoms with Crippen molar-refractivity contribution >= 4 is 7.60 Å².